The number of carbonyl (C=O) groups is 1. The van der Waals surface area contributed by atoms with E-state index in [1.807, 2.05) is 32.9 Å². The van der Waals surface area contributed by atoms with Crippen LogP contribution in [-0.2, 0) is 0 Å². The first kappa shape index (κ1) is 13.2. The molecule has 1 rings (SSSR count). The van der Waals surface area contributed by atoms with Gasteiger partial charge in [0.15, 0.2) is 5.78 Å². The smallest absolute Gasteiger partial charge is 0.165 e. The lowest BCUT2D eigenvalue weighted by molar-refractivity contribution is 0.0923. The first-order valence-electron chi connectivity index (χ1n) is 5.78. The zero-order chi connectivity index (χ0) is 12.3. The van der Waals surface area contributed by atoms with Gasteiger partial charge in [0.1, 0.15) is 0 Å². The van der Waals surface area contributed by atoms with Gasteiger partial charge >= 0.3 is 0 Å². The highest BCUT2D eigenvalue weighted by Gasteiger charge is 2.15. The Bertz CT molecular complexity index is 373. The molecule has 1 aromatic rings. The number of aryl methyl sites for hydroxylation is 2. The molecule has 0 saturated carbocycles. The molecule has 0 saturated heterocycles. The molecule has 0 heterocycles. The summed E-state index contributed by atoms with van der Waals surface area (Å²) in [6.07, 6.45) is 1.98. The third-order valence-electron chi connectivity index (χ3n) is 2.89. The number of Topliss-reactive ketones (excluding diaryl/α,β-unsaturated/α-hetero) is 1. The summed E-state index contributed by atoms with van der Waals surface area (Å²) in [5, 5.41) is 0.764. The molecule has 16 heavy (non-hydrogen) atoms. The van der Waals surface area contributed by atoms with Crippen molar-refractivity contribution in [1.82, 2.24) is 0 Å². The van der Waals surface area contributed by atoms with Gasteiger partial charge in [-0.1, -0.05) is 31.9 Å². The van der Waals surface area contributed by atoms with Crippen LogP contribution in [0.3, 0.4) is 0 Å². The summed E-state index contributed by atoms with van der Waals surface area (Å²) in [6, 6.07) is 3.79. The first-order valence-corrected chi connectivity index (χ1v) is 6.16. The van der Waals surface area contributed by atoms with E-state index >= 15 is 0 Å². The van der Waals surface area contributed by atoms with E-state index < -0.39 is 0 Å². The van der Waals surface area contributed by atoms with Crippen LogP contribution >= 0.6 is 11.6 Å². The zero-order valence-corrected chi connectivity index (χ0v) is 11.2. The third-order valence-corrected chi connectivity index (χ3v) is 3.49. The van der Waals surface area contributed by atoms with E-state index in [-0.39, 0.29) is 11.7 Å². The molecule has 0 spiro atoms. The van der Waals surface area contributed by atoms with E-state index in [1.165, 1.54) is 0 Å². The van der Waals surface area contributed by atoms with E-state index in [1.54, 1.807) is 0 Å². The molecule has 0 amide bonds. The highest BCUT2D eigenvalue weighted by atomic mass is 35.5. The predicted molar refractivity (Wildman–Crippen MR) is 69.3 cm³/mol. The fraction of sp³-hybridized carbons (Fsp3) is 0.500. The van der Waals surface area contributed by atoms with Crippen molar-refractivity contribution < 1.29 is 4.79 Å². The van der Waals surface area contributed by atoms with Gasteiger partial charge in [-0.15, -0.1) is 0 Å². The average Bonchev–Trinajstić information content (AvgIpc) is 2.24. The minimum absolute atomic E-state index is 0.102. The number of carbonyl (C=O) groups excluding carboxylic acids is 1. The van der Waals surface area contributed by atoms with Gasteiger partial charge in [0.25, 0.3) is 0 Å². The number of rotatable bonds is 4. The van der Waals surface area contributed by atoms with Crippen molar-refractivity contribution in [2.45, 2.75) is 40.5 Å². The lowest BCUT2D eigenvalue weighted by atomic mass is 9.93. The zero-order valence-electron chi connectivity index (χ0n) is 10.4. The molecule has 1 unspecified atom stereocenters. The van der Waals surface area contributed by atoms with E-state index in [0.717, 1.165) is 34.6 Å². The minimum Gasteiger partial charge on any atom is -0.294 e. The largest absolute Gasteiger partial charge is 0.294 e. The van der Waals surface area contributed by atoms with Crippen LogP contribution in [0.15, 0.2) is 12.1 Å². The van der Waals surface area contributed by atoms with Gasteiger partial charge in [-0.2, -0.15) is 0 Å². The topological polar surface area (TPSA) is 17.1 Å². The first-order chi connectivity index (χ1) is 7.47. The fourth-order valence-corrected chi connectivity index (χ4v) is 2.05. The highest BCUT2D eigenvalue weighted by Crippen LogP contribution is 2.24. The molecule has 0 bridgehead atoms. The molecule has 2 heteroatoms. The summed E-state index contributed by atoms with van der Waals surface area (Å²) in [5.41, 5.74) is 2.75. The van der Waals surface area contributed by atoms with Crippen molar-refractivity contribution in [2.75, 3.05) is 0 Å². The second-order valence-electron chi connectivity index (χ2n) is 4.48. The molecule has 0 aliphatic carbocycles. The van der Waals surface area contributed by atoms with Crippen LogP contribution in [-0.4, -0.2) is 5.78 Å². The number of benzene rings is 1. The summed E-state index contributed by atoms with van der Waals surface area (Å²) >= 11 is 6.08. The van der Waals surface area contributed by atoms with Gasteiger partial charge in [-0.05, 0) is 43.5 Å². The van der Waals surface area contributed by atoms with Gasteiger partial charge in [0.05, 0.1) is 0 Å². The Labute approximate surface area is 103 Å². The molecule has 0 aliphatic heterocycles. The summed E-state index contributed by atoms with van der Waals surface area (Å²) in [4.78, 5) is 12.1. The lowest BCUT2D eigenvalue weighted by Crippen LogP contribution is -2.11. The monoisotopic (exact) mass is 238 g/mol. The van der Waals surface area contributed by atoms with Gasteiger partial charge in [0.2, 0.25) is 0 Å². The van der Waals surface area contributed by atoms with Crippen molar-refractivity contribution in [3.8, 4) is 0 Å². The third kappa shape index (κ3) is 2.85. The van der Waals surface area contributed by atoms with Crippen LogP contribution in [0.1, 0.15) is 48.2 Å². The predicted octanol–water partition coefficient (Wildman–Crippen LogP) is 4.58. The molecule has 0 N–H and O–H groups in total. The molecule has 0 aromatic heterocycles. The Morgan fingerprint density at radius 1 is 1.31 bits per heavy atom. The summed E-state index contributed by atoms with van der Waals surface area (Å²) in [6.45, 7) is 7.97. The van der Waals surface area contributed by atoms with Crippen LogP contribution in [0.25, 0.3) is 0 Å². The Kier molecular flexibility index (Phi) is 4.55. The van der Waals surface area contributed by atoms with Gasteiger partial charge in [-0.3, -0.25) is 4.79 Å². The maximum Gasteiger partial charge on any atom is 0.165 e. The van der Waals surface area contributed by atoms with Crippen molar-refractivity contribution in [3.05, 3.63) is 33.8 Å². The lowest BCUT2D eigenvalue weighted by Gasteiger charge is -2.11. The average molecular weight is 239 g/mol. The van der Waals surface area contributed by atoms with E-state index in [2.05, 4.69) is 6.92 Å². The van der Waals surface area contributed by atoms with E-state index in [4.69, 9.17) is 11.6 Å². The maximum absolute atomic E-state index is 12.1. The highest BCUT2D eigenvalue weighted by molar-refractivity contribution is 6.32. The Morgan fingerprint density at radius 2 is 1.81 bits per heavy atom. The van der Waals surface area contributed by atoms with Crippen LogP contribution in [0.2, 0.25) is 5.02 Å². The Balaban J connectivity index is 3.01. The normalized spacial score (nSPS) is 12.6. The van der Waals surface area contributed by atoms with Crippen molar-refractivity contribution in [3.63, 3.8) is 0 Å². The van der Waals surface area contributed by atoms with Crippen LogP contribution in [0.4, 0.5) is 0 Å². The number of halogens is 1. The Morgan fingerprint density at radius 3 is 2.25 bits per heavy atom. The molecule has 0 aliphatic rings. The van der Waals surface area contributed by atoms with Gasteiger partial charge in [-0.25, -0.2) is 0 Å². The quantitative estimate of drug-likeness (QED) is 0.702. The fourth-order valence-electron chi connectivity index (χ4n) is 1.94. The summed E-state index contributed by atoms with van der Waals surface area (Å²) in [5.74, 6) is 0.328. The maximum atomic E-state index is 12.1. The van der Waals surface area contributed by atoms with Gasteiger partial charge < -0.3 is 0 Å². The molecular formula is C14H19ClO. The molecule has 1 aromatic carbocycles. The number of ketones is 1. The second kappa shape index (κ2) is 5.49. The molecule has 1 nitrogen and oxygen atoms in total. The van der Waals surface area contributed by atoms with Crippen LogP contribution in [0, 0.1) is 19.8 Å². The van der Waals surface area contributed by atoms with Gasteiger partial charge in [0, 0.05) is 16.5 Å². The van der Waals surface area contributed by atoms with E-state index in [9.17, 15) is 4.79 Å². The van der Waals surface area contributed by atoms with Crippen molar-refractivity contribution >= 4 is 17.4 Å². The SMILES string of the molecule is CCCC(C)C(=O)c1cc(C)c(Cl)c(C)c1. The van der Waals surface area contributed by atoms with Crippen LogP contribution in [0.5, 0.6) is 0 Å². The second-order valence-corrected chi connectivity index (χ2v) is 4.86. The standard InChI is InChI=1S/C14H19ClO/c1-5-6-9(2)14(16)12-7-10(3)13(15)11(4)8-12/h7-9H,5-6H2,1-4H3. The van der Waals surface area contributed by atoms with Crippen LogP contribution < -0.4 is 0 Å². The molecule has 88 valence electrons. The van der Waals surface area contributed by atoms with E-state index in [0.29, 0.717) is 0 Å². The Hall–Kier alpha value is -0.820. The van der Waals surface area contributed by atoms with Crippen molar-refractivity contribution in [2.24, 2.45) is 5.92 Å². The van der Waals surface area contributed by atoms with Crippen molar-refractivity contribution in [1.29, 1.82) is 0 Å². The molecule has 0 radical (unpaired) electrons. The molecular weight excluding hydrogens is 220 g/mol. The number of hydrogen-bond donors (Lipinski definition) is 0. The molecule has 0 fully saturated rings. The number of hydrogen-bond acceptors (Lipinski definition) is 1. The minimum atomic E-state index is 0.102. The summed E-state index contributed by atoms with van der Waals surface area (Å²) < 4.78 is 0. The molecule has 1 atom stereocenters. The summed E-state index contributed by atoms with van der Waals surface area (Å²) in [7, 11) is 0.